The summed E-state index contributed by atoms with van der Waals surface area (Å²) in [6, 6.07) is 7.51. The molecule has 0 aliphatic carbocycles. The lowest BCUT2D eigenvalue weighted by Crippen LogP contribution is -2.31. The Kier molecular flexibility index (Phi) is 4.52. The van der Waals surface area contributed by atoms with Crippen LogP contribution in [0.2, 0.25) is 0 Å². The average Bonchev–Trinajstić information content (AvgIpc) is 2.74. The molecule has 0 spiro atoms. The monoisotopic (exact) mass is 325 g/mol. The molecule has 0 saturated carbocycles. The van der Waals surface area contributed by atoms with E-state index >= 15 is 0 Å². The van der Waals surface area contributed by atoms with Crippen LogP contribution >= 0.6 is 15.9 Å². The number of nitrogens with two attached hydrogens (primary N) is 1. The van der Waals surface area contributed by atoms with Crippen LogP contribution in [0.1, 0.15) is 24.2 Å². The summed E-state index contributed by atoms with van der Waals surface area (Å²) in [7, 11) is 1.82. The third-order valence-corrected chi connectivity index (χ3v) is 3.36. The van der Waals surface area contributed by atoms with Gasteiger partial charge in [-0.15, -0.1) is 5.10 Å². The van der Waals surface area contributed by atoms with E-state index in [1.165, 1.54) is 0 Å². The van der Waals surface area contributed by atoms with Crippen molar-refractivity contribution in [3.05, 3.63) is 40.1 Å². The fourth-order valence-corrected chi connectivity index (χ4v) is 2.52. The van der Waals surface area contributed by atoms with Crippen molar-refractivity contribution in [2.75, 3.05) is 6.61 Å². The molecule has 19 heavy (non-hydrogen) atoms. The van der Waals surface area contributed by atoms with Crippen molar-refractivity contribution < 1.29 is 4.74 Å². The molecule has 0 bridgehead atoms. The number of hydrazine groups is 1. The van der Waals surface area contributed by atoms with Gasteiger partial charge in [-0.1, -0.05) is 23.4 Å². The number of hydrogen-bond donors (Lipinski definition) is 2. The normalized spacial score (nSPS) is 12.4. The fraction of sp³-hybridized carbons (Fsp3) is 0.333. The molecule has 102 valence electrons. The highest BCUT2D eigenvalue weighted by Gasteiger charge is 2.23. The maximum atomic E-state index is 5.70. The van der Waals surface area contributed by atoms with E-state index in [0.717, 1.165) is 17.0 Å². The van der Waals surface area contributed by atoms with Gasteiger partial charge in [0.05, 0.1) is 18.3 Å². The Labute approximate surface area is 120 Å². The summed E-state index contributed by atoms with van der Waals surface area (Å²) in [5.74, 6) is 6.50. The molecule has 0 radical (unpaired) electrons. The second kappa shape index (κ2) is 6.14. The quantitative estimate of drug-likeness (QED) is 0.644. The molecular weight excluding hydrogens is 310 g/mol. The number of aromatic nitrogens is 3. The molecule has 0 aliphatic rings. The third-order valence-electron chi connectivity index (χ3n) is 2.80. The summed E-state index contributed by atoms with van der Waals surface area (Å²) in [4.78, 5) is 0. The molecular formula is C12H16BrN5O. The van der Waals surface area contributed by atoms with Gasteiger partial charge in [0.2, 0.25) is 0 Å². The van der Waals surface area contributed by atoms with E-state index < -0.39 is 0 Å². The van der Waals surface area contributed by atoms with Gasteiger partial charge in [-0.05, 0) is 28.9 Å². The predicted octanol–water partition coefficient (Wildman–Crippen LogP) is 1.53. The summed E-state index contributed by atoms with van der Waals surface area (Å²) >= 11 is 3.39. The van der Waals surface area contributed by atoms with Gasteiger partial charge in [-0.25, -0.2) is 10.1 Å². The number of hydrogen-bond acceptors (Lipinski definition) is 5. The number of benzene rings is 1. The first-order valence-electron chi connectivity index (χ1n) is 5.92. The van der Waals surface area contributed by atoms with Crippen LogP contribution in [-0.4, -0.2) is 21.6 Å². The van der Waals surface area contributed by atoms with Crippen LogP contribution in [0.4, 0.5) is 0 Å². The van der Waals surface area contributed by atoms with Crippen LogP contribution in [0.15, 0.2) is 28.9 Å². The molecule has 0 saturated heterocycles. The molecule has 0 aliphatic heterocycles. The largest absolute Gasteiger partial charge is 0.494 e. The number of halogens is 1. The molecule has 1 heterocycles. The summed E-state index contributed by atoms with van der Waals surface area (Å²) in [6.07, 6.45) is 0. The summed E-state index contributed by atoms with van der Waals surface area (Å²) in [5.41, 5.74) is 4.58. The van der Waals surface area contributed by atoms with E-state index in [1.807, 2.05) is 38.2 Å². The molecule has 2 aromatic rings. The molecule has 0 fully saturated rings. The second-order valence-corrected chi connectivity index (χ2v) is 4.71. The molecule has 3 N–H and O–H groups in total. The van der Waals surface area contributed by atoms with Gasteiger partial charge in [0.15, 0.2) is 4.60 Å². The minimum absolute atomic E-state index is 0.253. The van der Waals surface area contributed by atoms with E-state index in [-0.39, 0.29) is 6.04 Å². The Morgan fingerprint density at radius 3 is 2.79 bits per heavy atom. The zero-order valence-corrected chi connectivity index (χ0v) is 12.4. The number of para-hydroxylation sites is 1. The Bertz CT molecular complexity index is 537. The Hall–Kier alpha value is -1.44. The summed E-state index contributed by atoms with van der Waals surface area (Å²) in [5, 5.41) is 7.95. The number of rotatable bonds is 5. The van der Waals surface area contributed by atoms with E-state index in [0.29, 0.717) is 11.2 Å². The van der Waals surface area contributed by atoms with Gasteiger partial charge in [-0.2, -0.15) is 0 Å². The first-order valence-corrected chi connectivity index (χ1v) is 6.71. The van der Waals surface area contributed by atoms with Crippen molar-refractivity contribution in [3.8, 4) is 5.75 Å². The maximum Gasteiger partial charge on any atom is 0.153 e. The van der Waals surface area contributed by atoms with Crippen LogP contribution in [0.5, 0.6) is 5.75 Å². The number of nitrogens with one attached hydrogen (secondary N) is 1. The topological polar surface area (TPSA) is 78.0 Å². The van der Waals surface area contributed by atoms with Gasteiger partial charge >= 0.3 is 0 Å². The lowest BCUT2D eigenvalue weighted by Gasteiger charge is -2.19. The predicted molar refractivity (Wildman–Crippen MR) is 75.5 cm³/mol. The van der Waals surface area contributed by atoms with E-state index in [9.17, 15) is 0 Å². The smallest absolute Gasteiger partial charge is 0.153 e. The van der Waals surface area contributed by atoms with Crippen LogP contribution in [-0.2, 0) is 7.05 Å². The summed E-state index contributed by atoms with van der Waals surface area (Å²) in [6.45, 7) is 2.54. The van der Waals surface area contributed by atoms with Gasteiger partial charge in [0.1, 0.15) is 5.75 Å². The first kappa shape index (κ1) is 14.0. The number of ether oxygens (including phenoxy) is 1. The van der Waals surface area contributed by atoms with Gasteiger partial charge in [0, 0.05) is 12.6 Å². The van der Waals surface area contributed by atoms with Crippen LogP contribution in [0.3, 0.4) is 0 Å². The SMILES string of the molecule is CCOc1ccccc1C(NN)c1c(Br)nnn1C. The fourth-order valence-electron chi connectivity index (χ4n) is 1.97. The van der Waals surface area contributed by atoms with Crippen LogP contribution in [0.25, 0.3) is 0 Å². The standard InChI is InChI=1S/C12H16BrN5O/c1-3-19-9-7-5-4-6-8(9)10(15-14)11-12(13)16-17-18(11)2/h4-7,10,15H,3,14H2,1-2H3. The number of nitrogens with zero attached hydrogens (tertiary/aromatic N) is 3. The highest BCUT2D eigenvalue weighted by molar-refractivity contribution is 9.10. The molecule has 6 nitrogen and oxygen atoms in total. The van der Waals surface area contributed by atoms with Crippen molar-refractivity contribution in [3.63, 3.8) is 0 Å². The van der Waals surface area contributed by atoms with Crippen molar-refractivity contribution in [2.24, 2.45) is 12.9 Å². The molecule has 2 rings (SSSR count). The molecule has 1 atom stereocenters. The third kappa shape index (κ3) is 2.78. The van der Waals surface area contributed by atoms with E-state index in [4.69, 9.17) is 10.6 Å². The van der Waals surface area contributed by atoms with Gasteiger partial charge in [0.25, 0.3) is 0 Å². The lowest BCUT2D eigenvalue weighted by molar-refractivity contribution is 0.333. The molecule has 7 heteroatoms. The summed E-state index contributed by atoms with van der Waals surface area (Å²) < 4.78 is 7.97. The van der Waals surface area contributed by atoms with Crippen LogP contribution < -0.4 is 16.0 Å². The second-order valence-electron chi connectivity index (χ2n) is 3.96. The van der Waals surface area contributed by atoms with E-state index in [2.05, 4.69) is 31.7 Å². The lowest BCUT2D eigenvalue weighted by atomic mass is 10.0. The number of aryl methyl sites for hydroxylation is 1. The van der Waals surface area contributed by atoms with Crippen molar-refractivity contribution in [2.45, 2.75) is 13.0 Å². The average molecular weight is 326 g/mol. The van der Waals surface area contributed by atoms with Gasteiger partial charge < -0.3 is 4.74 Å². The highest BCUT2D eigenvalue weighted by atomic mass is 79.9. The zero-order chi connectivity index (χ0) is 13.8. The zero-order valence-electron chi connectivity index (χ0n) is 10.8. The molecule has 1 aromatic heterocycles. The molecule has 1 unspecified atom stereocenters. The van der Waals surface area contributed by atoms with Crippen molar-refractivity contribution >= 4 is 15.9 Å². The first-order chi connectivity index (χ1) is 9.19. The highest BCUT2D eigenvalue weighted by Crippen LogP contribution is 2.31. The Morgan fingerprint density at radius 1 is 1.47 bits per heavy atom. The van der Waals surface area contributed by atoms with E-state index in [1.54, 1.807) is 4.68 Å². The Balaban J connectivity index is 2.48. The minimum Gasteiger partial charge on any atom is -0.494 e. The maximum absolute atomic E-state index is 5.70. The van der Waals surface area contributed by atoms with Crippen molar-refractivity contribution in [1.29, 1.82) is 0 Å². The van der Waals surface area contributed by atoms with Gasteiger partial charge in [-0.3, -0.25) is 5.84 Å². The van der Waals surface area contributed by atoms with Crippen molar-refractivity contribution in [1.82, 2.24) is 20.4 Å². The molecule has 0 amide bonds. The van der Waals surface area contributed by atoms with Crippen LogP contribution in [0, 0.1) is 0 Å². The molecule has 1 aromatic carbocycles. The Morgan fingerprint density at radius 2 is 2.21 bits per heavy atom. The minimum atomic E-state index is -0.253.